The van der Waals surface area contributed by atoms with E-state index in [2.05, 4.69) is 31.0 Å². The fourth-order valence-corrected chi connectivity index (χ4v) is 5.88. The van der Waals surface area contributed by atoms with Crippen LogP contribution in [0.1, 0.15) is 52.9 Å². The number of nitrogens with one attached hydrogen (secondary N) is 1. The van der Waals surface area contributed by atoms with Gasteiger partial charge in [0.1, 0.15) is 0 Å². The topological polar surface area (TPSA) is 52.6 Å². The second kappa shape index (κ2) is 6.86. The second-order valence-electron chi connectivity index (χ2n) is 9.22. The van der Waals surface area contributed by atoms with E-state index in [0.717, 1.165) is 31.8 Å². The SMILES string of the molecule is CC(C)(C)C1CC2CCCNC2N1CC1CCN(S(C)(=O)=O)CC1. The van der Waals surface area contributed by atoms with Crippen molar-refractivity contribution in [2.24, 2.45) is 17.3 Å². The molecule has 3 atom stereocenters. The van der Waals surface area contributed by atoms with Gasteiger partial charge in [0.25, 0.3) is 0 Å². The third-order valence-electron chi connectivity index (χ3n) is 6.35. The molecule has 6 heteroatoms. The number of sulfonamides is 1. The van der Waals surface area contributed by atoms with Crippen molar-refractivity contribution in [3.05, 3.63) is 0 Å². The maximum absolute atomic E-state index is 11.7. The molecule has 0 aromatic rings. The molecular formula is C18H35N3O2S. The molecule has 3 aliphatic rings. The third-order valence-corrected chi connectivity index (χ3v) is 7.65. The zero-order valence-electron chi connectivity index (χ0n) is 15.8. The molecular weight excluding hydrogens is 322 g/mol. The number of fused-ring (bicyclic) bond motifs is 1. The van der Waals surface area contributed by atoms with Gasteiger partial charge < -0.3 is 5.32 Å². The minimum absolute atomic E-state index is 0.298. The molecule has 3 aliphatic heterocycles. The number of piperidine rings is 2. The Kier molecular flexibility index (Phi) is 5.32. The molecule has 0 bridgehead atoms. The van der Waals surface area contributed by atoms with Crippen LogP contribution in [0.2, 0.25) is 0 Å². The molecule has 3 heterocycles. The average Bonchev–Trinajstić information content (AvgIpc) is 2.86. The summed E-state index contributed by atoms with van der Waals surface area (Å²) in [5.41, 5.74) is 0.298. The maximum atomic E-state index is 11.7. The van der Waals surface area contributed by atoms with Gasteiger partial charge in [-0.1, -0.05) is 20.8 Å². The number of rotatable bonds is 3. The molecule has 24 heavy (non-hydrogen) atoms. The lowest BCUT2D eigenvalue weighted by molar-refractivity contribution is 0.0566. The smallest absolute Gasteiger partial charge is 0.211 e. The van der Waals surface area contributed by atoms with Crippen LogP contribution in [0.25, 0.3) is 0 Å². The summed E-state index contributed by atoms with van der Waals surface area (Å²) in [5.74, 6) is 1.41. The van der Waals surface area contributed by atoms with Crippen molar-refractivity contribution in [3.8, 4) is 0 Å². The first-order valence-electron chi connectivity index (χ1n) is 9.60. The molecule has 3 fully saturated rings. The second-order valence-corrected chi connectivity index (χ2v) is 11.2. The zero-order valence-corrected chi connectivity index (χ0v) is 16.6. The van der Waals surface area contributed by atoms with Crippen LogP contribution >= 0.6 is 0 Å². The van der Waals surface area contributed by atoms with E-state index in [0.29, 0.717) is 36.6 Å². The third kappa shape index (κ3) is 3.97. The predicted molar refractivity (Wildman–Crippen MR) is 98.2 cm³/mol. The van der Waals surface area contributed by atoms with Crippen molar-refractivity contribution in [3.63, 3.8) is 0 Å². The predicted octanol–water partition coefficient (Wildman–Crippen LogP) is 2.10. The van der Waals surface area contributed by atoms with E-state index in [1.165, 1.54) is 25.5 Å². The van der Waals surface area contributed by atoms with Crippen molar-refractivity contribution in [1.29, 1.82) is 0 Å². The molecule has 0 radical (unpaired) electrons. The Balaban J connectivity index is 1.66. The highest BCUT2D eigenvalue weighted by Crippen LogP contribution is 2.42. The lowest BCUT2D eigenvalue weighted by Crippen LogP contribution is -2.54. The summed E-state index contributed by atoms with van der Waals surface area (Å²) in [6.45, 7) is 10.8. The van der Waals surface area contributed by atoms with Gasteiger partial charge in [0.15, 0.2) is 0 Å². The molecule has 0 aromatic heterocycles. The number of nitrogens with zero attached hydrogens (tertiary/aromatic N) is 2. The van der Waals surface area contributed by atoms with Gasteiger partial charge in [-0.15, -0.1) is 0 Å². The molecule has 1 N–H and O–H groups in total. The summed E-state index contributed by atoms with van der Waals surface area (Å²) in [4.78, 5) is 2.74. The first kappa shape index (κ1) is 18.6. The fourth-order valence-electron chi connectivity index (χ4n) is 5.00. The van der Waals surface area contributed by atoms with E-state index in [1.54, 1.807) is 4.31 Å². The Labute approximate surface area is 148 Å². The molecule has 0 aliphatic carbocycles. The number of hydrogen-bond acceptors (Lipinski definition) is 4. The van der Waals surface area contributed by atoms with Crippen LogP contribution < -0.4 is 5.32 Å². The Hall–Kier alpha value is -0.170. The molecule has 3 unspecified atom stereocenters. The molecule has 5 nitrogen and oxygen atoms in total. The minimum atomic E-state index is -3.02. The number of hydrogen-bond donors (Lipinski definition) is 1. The van der Waals surface area contributed by atoms with Gasteiger partial charge >= 0.3 is 0 Å². The van der Waals surface area contributed by atoms with E-state index < -0.39 is 10.0 Å². The Morgan fingerprint density at radius 2 is 1.79 bits per heavy atom. The van der Waals surface area contributed by atoms with Crippen molar-refractivity contribution in [2.75, 3.05) is 32.4 Å². The quantitative estimate of drug-likeness (QED) is 0.840. The summed E-state index contributed by atoms with van der Waals surface area (Å²) in [7, 11) is -3.02. The number of likely N-dealkylation sites (tertiary alicyclic amines) is 1. The fraction of sp³-hybridized carbons (Fsp3) is 1.00. The first-order chi connectivity index (χ1) is 11.2. The van der Waals surface area contributed by atoms with Gasteiger partial charge in [-0.3, -0.25) is 4.90 Å². The van der Waals surface area contributed by atoms with Gasteiger partial charge in [-0.05, 0) is 55.9 Å². The highest BCUT2D eigenvalue weighted by Gasteiger charge is 2.47. The van der Waals surface area contributed by atoms with Gasteiger partial charge in [-0.2, -0.15) is 0 Å². The molecule has 3 saturated heterocycles. The van der Waals surface area contributed by atoms with Crippen LogP contribution in [0.4, 0.5) is 0 Å². The minimum Gasteiger partial charge on any atom is -0.301 e. The largest absolute Gasteiger partial charge is 0.301 e. The summed E-state index contributed by atoms with van der Waals surface area (Å²) in [6.07, 6.45) is 7.83. The normalized spacial score (nSPS) is 34.4. The van der Waals surface area contributed by atoms with Crippen LogP contribution in [0.15, 0.2) is 0 Å². The lowest BCUT2D eigenvalue weighted by atomic mass is 9.82. The van der Waals surface area contributed by atoms with E-state index in [4.69, 9.17) is 0 Å². The van der Waals surface area contributed by atoms with Gasteiger partial charge in [-0.25, -0.2) is 12.7 Å². The van der Waals surface area contributed by atoms with Crippen LogP contribution in [-0.2, 0) is 10.0 Å². The van der Waals surface area contributed by atoms with Crippen molar-refractivity contribution < 1.29 is 8.42 Å². The van der Waals surface area contributed by atoms with Crippen molar-refractivity contribution >= 4 is 10.0 Å². The Morgan fingerprint density at radius 3 is 2.38 bits per heavy atom. The van der Waals surface area contributed by atoms with Crippen LogP contribution in [-0.4, -0.2) is 62.3 Å². The average molecular weight is 358 g/mol. The summed E-state index contributed by atoms with van der Waals surface area (Å²) >= 11 is 0. The Bertz CT molecular complexity index is 535. The zero-order chi connectivity index (χ0) is 17.5. The van der Waals surface area contributed by atoms with E-state index in [9.17, 15) is 8.42 Å². The van der Waals surface area contributed by atoms with Crippen molar-refractivity contribution in [1.82, 2.24) is 14.5 Å². The highest BCUT2D eigenvalue weighted by atomic mass is 32.2. The Morgan fingerprint density at radius 1 is 1.12 bits per heavy atom. The van der Waals surface area contributed by atoms with Crippen molar-refractivity contribution in [2.45, 2.75) is 65.1 Å². The molecule has 140 valence electrons. The standard InChI is InChI=1S/C18H35N3O2S/c1-18(2,3)16-12-15-6-5-9-19-17(15)21(16)13-14-7-10-20(11-8-14)24(4,22)23/h14-17,19H,5-13H2,1-4H3. The maximum Gasteiger partial charge on any atom is 0.211 e. The van der Waals surface area contributed by atoms with Crippen LogP contribution in [0, 0.1) is 17.3 Å². The monoisotopic (exact) mass is 357 g/mol. The highest BCUT2D eigenvalue weighted by molar-refractivity contribution is 7.88. The molecule has 0 saturated carbocycles. The van der Waals surface area contributed by atoms with E-state index in [1.807, 2.05) is 0 Å². The van der Waals surface area contributed by atoms with E-state index >= 15 is 0 Å². The summed E-state index contributed by atoms with van der Waals surface area (Å²) in [6, 6.07) is 0.631. The van der Waals surface area contributed by atoms with E-state index in [-0.39, 0.29) is 0 Å². The molecule has 0 spiro atoms. The van der Waals surface area contributed by atoms with Gasteiger partial charge in [0, 0.05) is 25.7 Å². The summed E-state index contributed by atoms with van der Waals surface area (Å²) in [5, 5.41) is 3.78. The molecule has 0 amide bonds. The lowest BCUT2D eigenvalue weighted by Gasteiger charge is -2.42. The summed E-state index contributed by atoms with van der Waals surface area (Å²) < 4.78 is 25.1. The molecule has 3 rings (SSSR count). The first-order valence-corrected chi connectivity index (χ1v) is 11.5. The van der Waals surface area contributed by atoms with Gasteiger partial charge in [0.2, 0.25) is 10.0 Å². The molecule has 0 aromatic carbocycles. The van der Waals surface area contributed by atoms with Crippen LogP contribution in [0.5, 0.6) is 0 Å². The van der Waals surface area contributed by atoms with Crippen LogP contribution in [0.3, 0.4) is 0 Å². The van der Waals surface area contributed by atoms with Gasteiger partial charge in [0.05, 0.1) is 12.4 Å².